The van der Waals surface area contributed by atoms with Gasteiger partial charge in [0.2, 0.25) is 0 Å². The van der Waals surface area contributed by atoms with Crippen LogP contribution in [0.5, 0.6) is 0 Å². The summed E-state index contributed by atoms with van der Waals surface area (Å²) in [6.07, 6.45) is 5.37. The normalized spacial score (nSPS) is 11.5. The molecule has 0 aliphatic rings. The van der Waals surface area contributed by atoms with Gasteiger partial charge in [-0.05, 0) is 32.9 Å². The van der Waals surface area contributed by atoms with Crippen molar-refractivity contribution in [3.63, 3.8) is 0 Å². The van der Waals surface area contributed by atoms with Crippen LogP contribution in [-0.4, -0.2) is 27.4 Å². The predicted molar refractivity (Wildman–Crippen MR) is 129 cm³/mol. The van der Waals surface area contributed by atoms with Gasteiger partial charge in [-0.25, -0.2) is 56.2 Å². The zero-order chi connectivity index (χ0) is 25.2. The van der Waals surface area contributed by atoms with Gasteiger partial charge in [-0.3, -0.25) is 0 Å². The molecular weight excluding hydrogens is 432 g/mol. The summed E-state index contributed by atoms with van der Waals surface area (Å²) in [4.78, 5) is 75.0. The summed E-state index contributed by atoms with van der Waals surface area (Å²) in [7, 11) is 0. The lowest BCUT2D eigenvalue weighted by Crippen LogP contribution is -2.52. The first-order chi connectivity index (χ1) is 15.4. The Hall–Kier alpha value is -4.74. The third-order valence-electron chi connectivity index (χ3n) is 4.44. The molecule has 0 bridgehead atoms. The molecule has 2 aromatic rings. The molecule has 33 heavy (non-hydrogen) atoms. The lowest BCUT2D eigenvalue weighted by atomic mass is 10.4. The number of hydrogen-bond donors (Lipinski definition) is 0. The molecule has 0 atom stereocenters. The maximum Gasteiger partial charge on any atom is 0.345 e. The Bertz CT molecular complexity index is 1530. The van der Waals surface area contributed by atoms with Gasteiger partial charge in [0.15, 0.2) is 0 Å². The molecule has 12 heteroatoms. The lowest BCUT2D eigenvalue weighted by molar-refractivity contribution is 0.677. The van der Waals surface area contributed by atoms with Crippen molar-refractivity contribution in [2.75, 3.05) is 0 Å². The molecule has 0 fully saturated rings. The summed E-state index contributed by atoms with van der Waals surface area (Å²) < 4.78 is 3.95. The number of nitrogens with zero attached hydrogens (tertiary/aromatic N) is 6. The van der Waals surface area contributed by atoms with Crippen molar-refractivity contribution in [1.82, 2.24) is 27.4 Å². The van der Waals surface area contributed by atoms with Gasteiger partial charge in [-0.15, -0.1) is 0 Å². The topological polar surface area (TPSA) is 132 Å². The zero-order valence-electron chi connectivity index (χ0n) is 18.3. The van der Waals surface area contributed by atoms with E-state index in [9.17, 15) is 28.8 Å². The first-order valence-electron chi connectivity index (χ1n) is 9.33. The molecule has 0 aromatic carbocycles. The van der Waals surface area contributed by atoms with E-state index < -0.39 is 34.1 Å². The molecule has 0 unspecified atom stereocenters. The van der Waals surface area contributed by atoms with Crippen LogP contribution >= 0.6 is 0 Å². The third-order valence-corrected chi connectivity index (χ3v) is 4.44. The molecular formula is C21H22N6O6. The van der Waals surface area contributed by atoms with Crippen LogP contribution < -0.4 is 34.1 Å². The minimum absolute atomic E-state index is 0.0559. The van der Waals surface area contributed by atoms with Gasteiger partial charge in [-0.1, -0.05) is 26.3 Å². The molecule has 0 amide bonds. The molecule has 0 aliphatic heterocycles. The molecule has 0 N–H and O–H groups in total. The highest BCUT2D eigenvalue weighted by molar-refractivity contribution is 5.49. The van der Waals surface area contributed by atoms with Crippen molar-refractivity contribution in [1.29, 1.82) is 0 Å². The Balaban J connectivity index is 2.80. The fourth-order valence-corrected chi connectivity index (χ4v) is 2.88. The molecule has 2 rings (SSSR count). The molecule has 0 aliphatic carbocycles. The van der Waals surface area contributed by atoms with Crippen molar-refractivity contribution < 1.29 is 0 Å². The Labute approximate surface area is 185 Å². The highest BCUT2D eigenvalue weighted by Crippen LogP contribution is 1.99. The molecule has 2 aromatic heterocycles. The first kappa shape index (κ1) is 24.5. The van der Waals surface area contributed by atoms with Gasteiger partial charge in [0, 0.05) is 35.7 Å². The molecule has 2 heterocycles. The van der Waals surface area contributed by atoms with Gasteiger partial charge >= 0.3 is 34.1 Å². The summed E-state index contributed by atoms with van der Waals surface area (Å²) >= 11 is 0. The van der Waals surface area contributed by atoms with Crippen LogP contribution in [0, 0.1) is 0 Å². The van der Waals surface area contributed by atoms with Crippen molar-refractivity contribution in [3.05, 3.63) is 101 Å². The fraction of sp³-hybridized carbons (Fsp3) is 0.143. The van der Waals surface area contributed by atoms with E-state index in [1.165, 1.54) is 32.9 Å². The van der Waals surface area contributed by atoms with E-state index in [4.69, 9.17) is 0 Å². The van der Waals surface area contributed by atoms with E-state index in [1.54, 1.807) is 0 Å². The molecule has 172 valence electrons. The van der Waals surface area contributed by atoms with Gasteiger partial charge < -0.3 is 0 Å². The molecule has 0 spiro atoms. The number of allylic oxidation sites excluding steroid dienone is 5. The smallest absolute Gasteiger partial charge is 0.247 e. The van der Waals surface area contributed by atoms with Crippen LogP contribution in [0.3, 0.4) is 0 Å². The van der Waals surface area contributed by atoms with Crippen molar-refractivity contribution >= 4 is 35.7 Å². The van der Waals surface area contributed by atoms with E-state index in [0.717, 1.165) is 18.6 Å². The second-order valence-electron chi connectivity index (χ2n) is 6.80. The monoisotopic (exact) mass is 454 g/mol. The highest BCUT2D eigenvalue weighted by Gasteiger charge is 2.17. The summed E-state index contributed by atoms with van der Waals surface area (Å²) in [6.45, 7) is 18.2. The average Bonchev–Trinajstić information content (AvgIpc) is 2.70. The second-order valence-corrected chi connectivity index (χ2v) is 6.80. The van der Waals surface area contributed by atoms with Crippen LogP contribution in [0.4, 0.5) is 0 Å². The molecule has 12 nitrogen and oxygen atoms in total. The van der Waals surface area contributed by atoms with Crippen LogP contribution in [0.25, 0.3) is 35.7 Å². The Morgan fingerprint density at radius 2 is 0.970 bits per heavy atom. The van der Waals surface area contributed by atoms with E-state index in [-0.39, 0.29) is 17.1 Å². The van der Waals surface area contributed by atoms with Gasteiger partial charge in [-0.2, -0.15) is 0 Å². The maximum absolute atomic E-state index is 12.8. The summed E-state index contributed by atoms with van der Waals surface area (Å²) in [5.74, 6) is 0. The fourth-order valence-electron chi connectivity index (χ4n) is 2.88. The van der Waals surface area contributed by atoms with Crippen molar-refractivity contribution in [2.24, 2.45) is 0 Å². The minimum Gasteiger partial charge on any atom is -0.247 e. The van der Waals surface area contributed by atoms with Crippen LogP contribution in [0.2, 0.25) is 0 Å². The molecule has 0 saturated carbocycles. The second kappa shape index (κ2) is 9.18. The quantitative estimate of drug-likeness (QED) is 0.536. The summed E-state index contributed by atoms with van der Waals surface area (Å²) in [5, 5.41) is 0. The summed E-state index contributed by atoms with van der Waals surface area (Å²) in [6, 6.07) is 0. The third kappa shape index (κ3) is 4.08. The van der Waals surface area contributed by atoms with Gasteiger partial charge in [0.1, 0.15) is 0 Å². The van der Waals surface area contributed by atoms with E-state index in [2.05, 4.69) is 26.3 Å². The summed E-state index contributed by atoms with van der Waals surface area (Å²) in [5.41, 5.74) is -5.52. The number of hydrogen-bond acceptors (Lipinski definition) is 6. The SMILES string of the molecule is C=Cn1c(=O)n(C=C)c(=O)n(/C=C/C=C(\C)n2c(=O)n(C(=C)C)c(=O)n(C(=C)C)c2=O)c1=O. The van der Waals surface area contributed by atoms with Crippen molar-refractivity contribution in [3.8, 4) is 0 Å². The van der Waals surface area contributed by atoms with Crippen LogP contribution in [0.1, 0.15) is 20.8 Å². The maximum atomic E-state index is 12.8. The highest BCUT2D eigenvalue weighted by atomic mass is 16.2. The number of rotatable bonds is 7. The van der Waals surface area contributed by atoms with Crippen LogP contribution in [-0.2, 0) is 0 Å². The van der Waals surface area contributed by atoms with Crippen LogP contribution in [0.15, 0.2) is 67.2 Å². The first-order valence-corrected chi connectivity index (χ1v) is 9.33. The lowest BCUT2D eigenvalue weighted by Gasteiger charge is -2.13. The van der Waals surface area contributed by atoms with E-state index in [0.29, 0.717) is 27.4 Å². The minimum atomic E-state index is -0.988. The Kier molecular flexibility index (Phi) is 6.82. The van der Waals surface area contributed by atoms with Gasteiger partial charge in [0.25, 0.3) is 0 Å². The Morgan fingerprint density at radius 3 is 1.33 bits per heavy atom. The Morgan fingerprint density at radius 1 is 0.606 bits per heavy atom. The van der Waals surface area contributed by atoms with E-state index >= 15 is 0 Å². The number of aromatic nitrogens is 6. The van der Waals surface area contributed by atoms with E-state index in [1.807, 2.05) is 0 Å². The van der Waals surface area contributed by atoms with Crippen molar-refractivity contribution in [2.45, 2.75) is 20.8 Å². The zero-order valence-corrected chi connectivity index (χ0v) is 18.3. The van der Waals surface area contributed by atoms with Gasteiger partial charge in [0.05, 0.1) is 0 Å². The molecule has 0 radical (unpaired) electrons. The standard InChI is InChI=1S/C21H22N6O6/c1-8-22-16(28)23(9-2)18(30)24(17(22)29)12-10-11-15(7)27-20(32)25(13(3)4)19(31)26(14(5)6)21(27)33/h8-12H,1-3,5H2,4,6-7H3/b12-10+,15-11+. The average molecular weight is 454 g/mol. The molecule has 0 saturated heterocycles. The predicted octanol–water partition coefficient (Wildman–Crippen LogP) is -0.129. The largest absolute Gasteiger partial charge is 0.345 e.